The molecule has 2 aliphatic heterocycles. The van der Waals surface area contributed by atoms with E-state index in [1.165, 1.54) is 0 Å². The molecule has 0 spiro atoms. The second-order valence-corrected chi connectivity index (χ2v) is 15.6. The molecule has 4 heterocycles. The summed E-state index contributed by atoms with van der Waals surface area (Å²) in [6.07, 6.45) is 1.77. The summed E-state index contributed by atoms with van der Waals surface area (Å²) in [6.45, 7) is 9.23. The molecule has 2 aromatic heterocycles. The smallest absolute Gasteiger partial charge is 0.410 e. The van der Waals surface area contributed by atoms with E-state index in [1.54, 1.807) is 56.9 Å². The van der Waals surface area contributed by atoms with Crippen molar-refractivity contribution in [2.45, 2.75) is 71.4 Å². The Kier molecular flexibility index (Phi) is 12.3. The van der Waals surface area contributed by atoms with E-state index >= 15 is 0 Å². The van der Waals surface area contributed by atoms with Gasteiger partial charge >= 0.3 is 6.09 Å². The van der Waals surface area contributed by atoms with Gasteiger partial charge in [-0.1, -0.05) is 53.5 Å². The molecule has 290 valence electrons. The van der Waals surface area contributed by atoms with Crippen molar-refractivity contribution in [3.63, 3.8) is 0 Å². The van der Waals surface area contributed by atoms with Crippen molar-refractivity contribution in [1.82, 2.24) is 30.4 Å². The first-order chi connectivity index (χ1) is 26.2. The van der Waals surface area contributed by atoms with Gasteiger partial charge in [-0.2, -0.15) is 0 Å². The highest BCUT2D eigenvalue weighted by molar-refractivity contribution is 6.39. The molecule has 3 N–H and O–H groups in total. The van der Waals surface area contributed by atoms with Crippen LogP contribution in [-0.2, 0) is 22.6 Å². The maximum atomic E-state index is 13.5. The summed E-state index contributed by atoms with van der Waals surface area (Å²) in [6, 6.07) is 16.7. The number of aliphatic hydroxyl groups is 1. The van der Waals surface area contributed by atoms with Crippen LogP contribution in [0, 0.1) is 0 Å². The van der Waals surface area contributed by atoms with Crippen LogP contribution >= 0.6 is 23.2 Å². The summed E-state index contributed by atoms with van der Waals surface area (Å²) in [5.74, 6) is 0.283. The number of hydrogen-bond donors (Lipinski definition) is 3. The number of rotatable bonds is 13. The summed E-state index contributed by atoms with van der Waals surface area (Å²) < 4.78 is 11.2. The fourth-order valence-corrected chi connectivity index (χ4v) is 7.40. The summed E-state index contributed by atoms with van der Waals surface area (Å²) in [7, 11) is 1.56. The molecule has 14 heteroatoms. The van der Waals surface area contributed by atoms with Crippen LogP contribution in [0.15, 0.2) is 60.8 Å². The van der Waals surface area contributed by atoms with Crippen molar-refractivity contribution < 1.29 is 29.0 Å². The number of halogens is 2. The van der Waals surface area contributed by atoms with Crippen LogP contribution in [0.1, 0.15) is 62.0 Å². The zero-order valence-corrected chi connectivity index (χ0v) is 33.1. The molecule has 0 radical (unpaired) electrons. The second kappa shape index (κ2) is 16.9. The highest BCUT2D eigenvalue weighted by Crippen LogP contribution is 2.42. The minimum atomic E-state index is -0.693. The van der Waals surface area contributed by atoms with Crippen LogP contribution in [0.3, 0.4) is 0 Å². The van der Waals surface area contributed by atoms with Gasteiger partial charge in [0, 0.05) is 91.3 Å². The number of amides is 3. The van der Waals surface area contributed by atoms with Crippen LogP contribution in [0.25, 0.3) is 33.6 Å². The van der Waals surface area contributed by atoms with Gasteiger partial charge in [0.2, 0.25) is 11.8 Å². The van der Waals surface area contributed by atoms with Gasteiger partial charge in [-0.3, -0.25) is 14.6 Å². The highest BCUT2D eigenvalue weighted by atomic mass is 35.5. The number of carbonyl (C=O) groups excluding carboxylic acids is 3. The molecule has 12 nitrogen and oxygen atoms in total. The van der Waals surface area contributed by atoms with Gasteiger partial charge < -0.3 is 35.0 Å². The standard InChI is InChI=1S/C41H46Cl2N6O6/c1-24(50)20-44-21-26-10-13-33(47-38(26)54-5)32-8-6-7-30(35(32)42)31-15-16-45-37(36(31)43)25-9-12-29-27(19-25)22-48(39(29)52)17-18-49(40(53)55-41(2,3)4)23-28-11-14-34(51)46-28/h6-10,12-13,15-16,19,24,28,44,50H,11,14,17-18,20-23H2,1-5H3,(H,46,51)/t24-,28-/m0/s1. The monoisotopic (exact) mass is 788 g/mol. The van der Waals surface area contributed by atoms with Crippen LogP contribution in [0.5, 0.6) is 5.88 Å². The topological polar surface area (TPSA) is 146 Å². The fraction of sp³-hybridized carbons (Fsp3) is 0.390. The molecule has 0 saturated carbocycles. The number of nitrogens with zero attached hydrogens (tertiary/aromatic N) is 4. The van der Waals surface area contributed by atoms with E-state index in [0.717, 1.165) is 16.7 Å². The summed E-state index contributed by atoms with van der Waals surface area (Å²) in [5.41, 5.74) is 5.54. The number of hydrogen-bond acceptors (Lipinski definition) is 9. The molecule has 0 bridgehead atoms. The predicted octanol–water partition coefficient (Wildman–Crippen LogP) is 6.73. The second-order valence-electron chi connectivity index (χ2n) is 14.9. The third-order valence-electron chi connectivity index (χ3n) is 9.42. The molecule has 2 aliphatic rings. The van der Waals surface area contributed by atoms with Gasteiger partial charge in [0.05, 0.1) is 34.6 Å². The van der Waals surface area contributed by atoms with E-state index in [4.69, 9.17) is 37.7 Å². The minimum absolute atomic E-state index is 0.0363. The van der Waals surface area contributed by atoms with Crippen LogP contribution in [0.2, 0.25) is 10.0 Å². The number of nitrogens with one attached hydrogen (secondary N) is 2. The lowest BCUT2D eigenvalue weighted by Gasteiger charge is -2.30. The third kappa shape index (κ3) is 9.38. The number of fused-ring (bicyclic) bond motifs is 1. The van der Waals surface area contributed by atoms with Crippen molar-refractivity contribution in [3.8, 4) is 39.5 Å². The van der Waals surface area contributed by atoms with Crippen molar-refractivity contribution in [2.24, 2.45) is 0 Å². The Morgan fingerprint density at radius 3 is 2.55 bits per heavy atom. The maximum Gasteiger partial charge on any atom is 0.410 e. The average Bonchev–Trinajstić information content (AvgIpc) is 3.70. The third-order valence-corrected chi connectivity index (χ3v) is 10.2. The molecule has 2 aromatic carbocycles. The van der Waals surface area contributed by atoms with Crippen molar-refractivity contribution >= 4 is 41.1 Å². The molecule has 2 atom stereocenters. The molecule has 4 aromatic rings. The first kappa shape index (κ1) is 39.9. The normalized spacial score (nSPS) is 15.9. The Morgan fingerprint density at radius 2 is 1.84 bits per heavy atom. The Hall–Kier alpha value is -4.75. The van der Waals surface area contributed by atoms with Gasteiger partial charge in [0.25, 0.3) is 5.91 Å². The molecule has 3 amide bonds. The van der Waals surface area contributed by atoms with Gasteiger partial charge in [-0.15, -0.1) is 0 Å². The number of carbonyl (C=O) groups is 3. The molecule has 0 aliphatic carbocycles. The van der Waals surface area contributed by atoms with Gasteiger partial charge in [0.15, 0.2) is 0 Å². The SMILES string of the molecule is COc1nc(-c2cccc(-c3ccnc(-c4ccc5c(c4)CN(CCN(C[C@@H]4CCC(=O)N4)C(=O)OC(C)(C)C)C5=O)c3Cl)c2Cl)ccc1CNC[C@H](C)O. The molecular weight excluding hydrogens is 743 g/mol. The summed E-state index contributed by atoms with van der Waals surface area (Å²) >= 11 is 14.2. The zero-order valence-electron chi connectivity index (χ0n) is 31.6. The number of aromatic nitrogens is 2. The quantitative estimate of drug-likeness (QED) is 0.134. The lowest BCUT2D eigenvalue weighted by Crippen LogP contribution is -2.47. The Morgan fingerprint density at radius 1 is 1.07 bits per heavy atom. The van der Waals surface area contributed by atoms with E-state index in [-0.39, 0.29) is 30.9 Å². The zero-order chi connectivity index (χ0) is 39.4. The van der Waals surface area contributed by atoms with Crippen molar-refractivity contribution in [2.75, 3.05) is 33.3 Å². The van der Waals surface area contributed by atoms with E-state index < -0.39 is 17.8 Å². The number of methoxy groups -OCH3 is 1. The predicted molar refractivity (Wildman–Crippen MR) is 212 cm³/mol. The fourth-order valence-electron chi connectivity index (χ4n) is 6.75. The maximum absolute atomic E-state index is 13.5. The van der Waals surface area contributed by atoms with Crippen LogP contribution in [-0.4, -0.2) is 93.8 Å². The van der Waals surface area contributed by atoms with Crippen molar-refractivity contribution in [3.05, 3.63) is 87.5 Å². The summed E-state index contributed by atoms with van der Waals surface area (Å²) in [5, 5.41) is 16.6. The first-order valence-electron chi connectivity index (χ1n) is 18.3. The Balaban J connectivity index is 1.20. The largest absolute Gasteiger partial charge is 0.481 e. The van der Waals surface area contributed by atoms with E-state index in [2.05, 4.69) is 15.6 Å². The molecular formula is C41H46Cl2N6O6. The Bertz CT molecular complexity index is 2090. The lowest BCUT2D eigenvalue weighted by molar-refractivity contribution is -0.119. The van der Waals surface area contributed by atoms with Gasteiger partial charge in [0.1, 0.15) is 5.60 Å². The van der Waals surface area contributed by atoms with E-state index in [9.17, 15) is 19.5 Å². The molecule has 1 fully saturated rings. The first-order valence-corrected chi connectivity index (χ1v) is 19.0. The van der Waals surface area contributed by atoms with Crippen molar-refractivity contribution in [1.29, 1.82) is 0 Å². The number of benzene rings is 2. The van der Waals surface area contributed by atoms with E-state index in [1.807, 2.05) is 48.5 Å². The van der Waals surface area contributed by atoms with E-state index in [0.29, 0.717) is 88.6 Å². The Labute approximate surface area is 331 Å². The number of pyridine rings is 2. The molecule has 55 heavy (non-hydrogen) atoms. The number of aliphatic hydroxyl groups excluding tert-OH is 1. The van der Waals surface area contributed by atoms with Gasteiger partial charge in [-0.25, -0.2) is 9.78 Å². The number of ether oxygens (including phenoxy) is 2. The highest BCUT2D eigenvalue weighted by Gasteiger charge is 2.32. The minimum Gasteiger partial charge on any atom is -0.481 e. The molecule has 0 unspecified atom stereocenters. The summed E-state index contributed by atoms with van der Waals surface area (Å²) in [4.78, 5) is 51.1. The molecule has 6 rings (SSSR count). The molecule has 1 saturated heterocycles. The van der Waals surface area contributed by atoms with Crippen LogP contribution in [0.4, 0.5) is 4.79 Å². The van der Waals surface area contributed by atoms with Crippen LogP contribution < -0.4 is 15.4 Å². The lowest BCUT2D eigenvalue weighted by atomic mass is 9.98. The average molecular weight is 790 g/mol. The van der Waals surface area contributed by atoms with Gasteiger partial charge in [-0.05, 0) is 63.9 Å².